The Morgan fingerprint density at radius 1 is 0.844 bits per heavy atom. The Bertz CT molecular complexity index is 994. The van der Waals surface area contributed by atoms with Gasteiger partial charge in [-0.05, 0) is 17.7 Å². The standard InChI is InChI=1S/C13H14N2O4.C9H14N2O2/c1-15(2)14-6-8-4-5-9(7-18-3)11-10(8)12(16)19-13(11)17;1-11(2)10-6-8-4-5-9(13-8)7-12-3/h4-6H,7H2,1-3H3;4-6H,7H2,1-3H3/b14-6-;10-6+. The number of carbonyl (C=O) groups is 2. The third-order valence-electron chi connectivity index (χ3n) is 4.03. The Hall–Kier alpha value is -3.50. The van der Waals surface area contributed by atoms with Crippen LogP contribution in [0.15, 0.2) is 38.9 Å². The highest BCUT2D eigenvalue weighted by molar-refractivity contribution is 6.18. The van der Waals surface area contributed by atoms with Crippen LogP contribution in [-0.2, 0) is 27.4 Å². The lowest BCUT2D eigenvalue weighted by molar-refractivity contribution is 0.0442. The van der Waals surface area contributed by atoms with Gasteiger partial charge in [-0.2, -0.15) is 10.2 Å². The van der Waals surface area contributed by atoms with E-state index in [-0.39, 0.29) is 17.7 Å². The van der Waals surface area contributed by atoms with E-state index in [4.69, 9.17) is 13.9 Å². The zero-order valence-electron chi connectivity index (χ0n) is 19.1. The number of hydrogen-bond donors (Lipinski definition) is 0. The highest BCUT2D eigenvalue weighted by Crippen LogP contribution is 2.27. The molecule has 0 fully saturated rings. The number of methoxy groups -OCH3 is 2. The second kappa shape index (κ2) is 11.8. The number of hydrogen-bond acceptors (Lipinski definition) is 10. The maximum Gasteiger partial charge on any atom is 0.347 e. The molecule has 32 heavy (non-hydrogen) atoms. The zero-order chi connectivity index (χ0) is 23.7. The van der Waals surface area contributed by atoms with Gasteiger partial charge in [0.1, 0.15) is 18.1 Å². The van der Waals surface area contributed by atoms with Gasteiger partial charge in [-0.3, -0.25) is 0 Å². The maximum absolute atomic E-state index is 11.7. The molecule has 0 atom stereocenters. The van der Waals surface area contributed by atoms with Crippen molar-refractivity contribution in [2.24, 2.45) is 10.2 Å². The fourth-order valence-electron chi connectivity index (χ4n) is 2.72. The number of fused-ring (bicyclic) bond motifs is 1. The van der Waals surface area contributed by atoms with Crippen molar-refractivity contribution in [2.45, 2.75) is 13.2 Å². The second-order valence-electron chi connectivity index (χ2n) is 7.09. The van der Waals surface area contributed by atoms with E-state index < -0.39 is 11.9 Å². The van der Waals surface area contributed by atoms with E-state index in [1.807, 2.05) is 26.2 Å². The molecule has 0 amide bonds. The summed E-state index contributed by atoms with van der Waals surface area (Å²) >= 11 is 0. The van der Waals surface area contributed by atoms with Gasteiger partial charge >= 0.3 is 11.9 Å². The summed E-state index contributed by atoms with van der Waals surface area (Å²) in [6.07, 6.45) is 3.19. The van der Waals surface area contributed by atoms with Crippen molar-refractivity contribution in [2.75, 3.05) is 42.4 Å². The molecule has 0 bridgehead atoms. The first-order valence-corrected chi connectivity index (χ1v) is 9.68. The van der Waals surface area contributed by atoms with Gasteiger partial charge in [0.15, 0.2) is 0 Å². The number of esters is 2. The average molecular weight is 444 g/mol. The quantitative estimate of drug-likeness (QED) is 0.264. The monoisotopic (exact) mass is 444 g/mol. The molecule has 1 aromatic heterocycles. The van der Waals surface area contributed by atoms with Gasteiger partial charge < -0.3 is 28.6 Å². The minimum atomic E-state index is -0.641. The lowest BCUT2D eigenvalue weighted by Gasteiger charge is -2.07. The molecule has 1 aliphatic rings. The molecule has 10 heteroatoms. The van der Waals surface area contributed by atoms with Gasteiger partial charge in [-0.1, -0.05) is 12.1 Å². The molecular weight excluding hydrogens is 416 g/mol. The zero-order valence-corrected chi connectivity index (χ0v) is 19.1. The minimum absolute atomic E-state index is 0.246. The van der Waals surface area contributed by atoms with E-state index >= 15 is 0 Å². The fraction of sp³-hybridized carbons (Fsp3) is 0.364. The third-order valence-corrected chi connectivity index (χ3v) is 4.03. The summed E-state index contributed by atoms with van der Waals surface area (Å²) in [6.45, 7) is 0.742. The number of benzene rings is 1. The largest absolute Gasteiger partial charge is 0.458 e. The van der Waals surface area contributed by atoms with Gasteiger partial charge in [0, 0.05) is 48.0 Å². The summed E-state index contributed by atoms with van der Waals surface area (Å²) in [5, 5.41) is 11.4. The maximum atomic E-state index is 11.7. The normalized spacial score (nSPS) is 12.7. The van der Waals surface area contributed by atoms with Crippen molar-refractivity contribution in [1.82, 2.24) is 10.0 Å². The topological polar surface area (TPSA) is 106 Å². The number of cyclic esters (lactones) is 2. The first-order valence-electron chi connectivity index (χ1n) is 9.68. The Balaban J connectivity index is 0.000000244. The van der Waals surface area contributed by atoms with E-state index in [0.29, 0.717) is 17.7 Å². The predicted octanol–water partition coefficient (Wildman–Crippen LogP) is 2.36. The molecule has 0 spiro atoms. The summed E-state index contributed by atoms with van der Waals surface area (Å²) in [6, 6.07) is 7.20. The van der Waals surface area contributed by atoms with Crippen molar-refractivity contribution in [1.29, 1.82) is 0 Å². The molecule has 2 aromatic rings. The Labute approximate surface area is 187 Å². The van der Waals surface area contributed by atoms with E-state index in [0.717, 1.165) is 11.5 Å². The van der Waals surface area contributed by atoms with Crippen LogP contribution in [0.4, 0.5) is 0 Å². The predicted molar refractivity (Wildman–Crippen MR) is 119 cm³/mol. The smallest absolute Gasteiger partial charge is 0.347 e. The number of ether oxygens (including phenoxy) is 3. The summed E-state index contributed by atoms with van der Waals surface area (Å²) in [4.78, 5) is 23.4. The number of rotatable bonds is 8. The van der Waals surface area contributed by atoms with Gasteiger partial charge in [0.25, 0.3) is 0 Å². The molecule has 1 aromatic carbocycles. The summed E-state index contributed by atoms with van der Waals surface area (Å²) < 4.78 is 20.0. The summed E-state index contributed by atoms with van der Waals surface area (Å²) in [5.41, 5.74) is 1.72. The van der Waals surface area contributed by atoms with Crippen LogP contribution < -0.4 is 0 Å². The van der Waals surface area contributed by atoms with Crippen LogP contribution in [0.3, 0.4) is 0 Å². The van der Waals surface area contributed by atoms with Gasteiger partial charge in [-0.15, -0.1) is 0 Å². The fourth-order valence-corrected chi connectivity index (χ4v) is 2.72. The molecule has 2 heterocycles. The van der Waals surface area contributed by atoms with Crippen molar-refractivity contribution < 1.29 is 28.2 Å². The van der Waals surface area contributed by atoms with Crippen molar-refractivity contribution in [3.63, 3.8) is 0 Å². The lowest BCUT2D eigenvalue weighted by Crippen LogP contribution is -2.06. The summed E-state index contributed by atoms with van der Waals surface area (Å²) in [7, 11) is 10.4. The van der Waals surface area contributed by atoms with Crippen LogP contribution in [0.5, 0.6) is 0 Å². The van der Waals surface area contributed by atoms with Crippen molar-refractivity contribution in [3.05, 3.63) is 58.0 Å². The first kappa shape index (κ1) is 24.8. The van der Waals surface area contributed by atoms with Crippen LogP contribution in [0.25, 0.3) is 0 Å². The molecule has 0 radical (unpaired) electrons. The number of hydrazone groups is 2. The van der Waals surface area contributed by atoms with Gasteiger partial charge in [-0.25, -0.2) is 9.59 Å². The van der Waals surface area contributed by atoms with Crippen molar-refractivity contribution in [3.8, 4) is 0 Å². The SMILES string of the molecule is COCc1ccc(/C=N/N(C)C)o1.COCc1ccc(/C=N\N(C)C)c2c1C(=O)OC2=O. The van der Waals surface area contributed by atoms with E-state index in [2.05, 4.69) is 14.9 Å². The van der Waals surface area contributed by atoms with Gasteiger partial charge in [0.05, 0.1) is 30.2 Å². The molecule has 0 N–H and O–H groups in total. The molecule has 0 saturated heterocycles. The van der Waals surface area contributed by atoms with Crippen LogP contribution in [-0.4, -0.2) is 76.8 Å². The van der Waals surface area contributed by atoms with Crippen LogP contribution >= 0.6 is 0 Å². The minimum Gasteiger partial charge on any atom is -0.458 e. The van der Waals surface area contributed by atoms with Crippen molar-refractivity contribution >= 4 is 24.4 Å². The molecular formula is C22H28N4O6. The first-order chi connectivity index (χ1) is 15.3. The van der Waals surface area contributed by atoms with E-state index in [9.17, 15) is 9.59 Å². The number of furan rings is 1. The number of nitrogens with zero attached hydrogens (tertiary/aromatic N) is 4. The molecule has 10 nitrogen and oxygen atoms in total. The molecule has 0 aliphatic carbocycles. The molecule has 1 aliphatic heterocycles. The molecule has 3 rings (SSSR count). The van der Waals surface area contributed by atoms with Crippen LogP contribution in [0, 0.1) is 0 Å². The lowest BCUT2D eigenvalue weighted by atomic mass is 9.98. The van der Waals surface area contributed by atoms with E-state index in [1.54, 1.807) is 49.6 Å². The van der Waals surface area contributed by atoms with E-state index in [1.165, 1.54) is 13.3 Å². The Morgan fingerprint density at radius 2 is 1.47 bits per heavy atom. The Kier molecular flexibility index (Phi) is 9.11. The molecule has 172 valence electrons. The molecule has 0 unspecified atom stereocenters. The van der Waals surface area contributed by atoms with Crippen LogP contribution in [0.2, 0.25) is 0 Å². The van der Waals surface area contributed by atoms with Gasteiger partial charge in [0.2, 0.25) is 0 Å². The molecule has 0 saturated carbocycles. The number of carbonyl (C=O) groups excluding carboxylic acids is 2. The Morgan fingerprint density at radius 3 is 2.09 bits per heavy atom. The second-order valence-corrected chi connectivity index (χ2v) is 7.09. The highest BCUT2D eigenvalue weighted by atomic mass is 16.6. The average Bonchev–Trinajstić information content (AvgIpc) is 3.31. The highest BCUT2D eigenvalue weighted by Gasteiger charge is 2.34. The third kappa shape index (κ3) is 6.76. The summed E-state index contributed by atoms with van der Waals surface area (Å²) in [5.74, 6) is 0.272. The van der Waals surface area contributed by atoms with Crippen LogP contribution in [0.1, 0.15) is 43.4 Å².